The Balaban J connectivity index is 0.000000258. The van der Waals surface area contributed by atoms with Crippen molar-refractivity contribution in [1.82, 2.24) is 10.6 Å². The van der Waals surface area contributed by atoms with Crippen LogP contribution in [0.4, 0.5) is 0 Å². The van der Waals surface area contributed by atoms with E-state index in [1.807, 2.05) is 60.7 Å². The van der Waals surface area contributed by atoms with Crippen molar-refractivity contribution >= 4 is 78.0 Å². The Morgan fingerprint density at radius 1 is 0.394 bits per heavy atom. The van der Waals surface area contributed by atoms with Gasteiger partial charge in [-0.25, -0.2) is 0 Å². The lowest BCUT2D eigenvalue weighted by molar-refractivity contribution is -0.884. The first-order valence-electron chi connectivity index (χ1n) is 24.3. The summed E-state index contributed by atoms with van der Waals surface area (Å²) in [6.45, 7) is 3.68. The highest BCUT2D eigenvalue weighted by Gasteiger charge is 2.08. The van der Waals surface area contributed by atoms with Crippen LogP contribution in [0.5, 0.6) is 0 Å². The van der Waals surface area contributed by atoms with E-state index in [-0.39, 0.29) is 11.8 Å². The zero-order valence-electron chi connectivity index (χ0n) is 43.0. The molecule has 11 heteroatoms. The minimum Gasteiger partial charge on any atom is -0.381 e. The standard InChI is InChI=1S/C30H30N2O2P2.C16H20OP2.C10H16N.C4H12N/c33-29(21-23-11-15-27(16-12-23)35-25-7-3-1-4-8-25)31-19-20-32-30(34)22-24-13-17-28(18-14-24)36-26-9-5-2-6-10-26;1-3-7-15(8-4-1)18-13-11-17-12-14-19-16-9-5-2-6-10-16;1-11(2,3)9-10-7-5-4-6-8-10;1-5(2,3)4/h1-18,35-36H,19-22H2,(H,31,33)(H,32,34);1-10,18-19H,11-14H2;4-8H,9H2,1-3H3;1-4H3/q;;2*+1. The Kier molecular flexibility index (Phi) is 27.8. The molecular formula is C60H78N4O3P4+2. The van der Waals surface area contributed by atoms with Crippen LogP contribution in [0.15, 0.2) is 200 Å². The minimum absolute atomic E-state index is 0.0441. The zero-order valence-corrected chi connectivity index (χ0v) is 47.0. The fourth-order valence-corrected chi connectivity index (χ4v) is 10.5. The molecule has 0 saturated heterocycles. The van der Waals surface area contributed by atoms with Gasteiger partial charge in [-0.2, -0.15) is 0 Å². The number of quaternary nitrogens is 2. The molecule has 0 aliphatic rings. The van der Waals surface area contributed by atoms with E-state index in [2.05, 4.69) is 199 Å². The van der Waals surface area contributed by atoms with Crippen LogP contribution < -0.4 is 42.5 Å². The van der Waals surface area contributed by atoms with Crippen LogP contribution in [0.2, 0.25) is 0 Å². The SMILES string of the molecule is C[N+](C)(C)C.C[N+](C)(C)Cc1ccccc1.O=C(Cc1ccc(Pc2ccccc2)cc1)NCCNC(=O)Cc1ccc(Pc2ccccc2)cc1.c1ccc(PCCOCCPc2ccccc2)cc1. The van der Waals surface area contributed by atoms with Crippen molar-refractivity contribution in [2.75, 3.05) is 88.0 Å². The number of rotatable bonds is 21. The third-order valence-electron chi connectivity index (χ3n) is 9.73. The number of hydrogen-bond donors (Lipinski definition) is 2. The predicted molar refractivity (Wildman–Crippen MR) is 316 cm³/mol. The maximum absolute atomic E-state index is 12.3. The molecule has 2 amide bonds. The summed E-state index contributed by atoms with van der Waals surface area (Å²) in [6, 6.07) is 69.0. The van der Waals surface area contributed by atoms with Gasteiger partial charge in [0.15, 0.2) is 0 Å². The van der Waals surface area contributed by atoms with E-state index in [1.54, 1.807) is 0 Å². The molecule has 2 N–H and O–H groups in total. The molecule has 0 aliphatic carbocycles. The molecule has 0 bridgehead atoms. The topological polar surface area (TPSA) is 67.4 Å². The summed E-state index contributed by atoms with van der Waals surface area (Å²) in [5.41, 5.74) is 3.36. The van der Waals surface area contributed by atoms with Gasteiger partial charge in [-0.3, -0.25) is 9.59 Å². The first kappa shape index (κ1) is 58.6. The van der Waals surface area contributed by atoms with Gasteiger partial charge in [0.25, 0.3) is 0 Å². The summed E-state index contributed by atoms with van der Waals surface area (Å²) in [7, 11) is 18.1. The van der Waals surface area contributed by atoms with Crippen LogP contribution in [0.3, 0.4) is 0 Å². The van der Waals surface area contributed by atoms with Gasteiger partial charge < -0.3 is 24.3 Å². The molecule has 7 aromatic rings. The summed E-state index contributed by atoms with van der Waals surface area (Å²) in [4.78, 5) is 24.5. The molecule has 0 heterocycles. The van der Waals surface area contributed by atoms with E-state index >= 15 is 0 Å². The summed E-state index contributed by atoms with van der Waals surface area (Å²) < 4.78 is 7.68. The number of nitrogens with one attached hydrogen (secondary N) is 2. The zero-order chi connectivity index (χ0) is 51.0. The maximum Gasteiger partial charge on any atom is 0.224 e. The predicted octanol–water partition coefficient (Wildman–Crippen LogP) is 8.19. The van der Waals surface area contributed by atoms with Crippen molar-refractivity contribution in [3.8, 4) is 0 Å². The molecule has 0 spiro atoms. The largest absolute Gasteiger partial charge is 0.381 e. The lowest BCUT2D eigenvalue weighted by Gasteiger charge is -2.23. The van der Waals surface area contributed by atoms with E-state index < -0.39 is 0 Å². The third kappa shape index (κ3) is 29.9. The molecule has 0 radical (unpaired) electrons. The normalized spacial score (nSPS) is 11.5. The number of benzene rings is 7. The second kappa shape index (κ2) is 33.7. The van der Waals surface area contributed by atoms with Crippen LogP contribution in [-0.4, -0.2) is 109 Å². The Labute approximate surface area is 433 Å². The second-order valence-corrected chi connectivity index (χ2v) is 24.9. The van der Waals surface area contributed by atoms with Gasteiger partial charge in [-0.15, -0.1) is 0 Å². The average Bonchev–Trinajstić information content (AvgIpc) is 3.35. The second-order valence-electron chi connectivity index (χ2n) is 19.2. The molecule has 4 unspecified atom stereocenters. The van der Waals surface area contributed by atoms with Crippen molar-refractivity contribution in [3.05, 3.63) is 217 Å². The molecular weight excluding hydrogens is 949 g/mol. The van der Waals surface area contributed by atoms with Crippen LogP contribution in [0, 0.1) is 0 Å². The lowest BCUT2D eigenvalue weighted by atomic mass is 10.1. The number of carbonyl (C=O) groups is 2. The van der Waals surface area contributed by atoms with E-state index in [0.29, 0.717) is 43.1 Å². The van der Waals surface area contributed by atoms with Crippen LogP contribution in [0.25, 0.3) is 0 Å². The Morgan fingerprint density at radius 2 is 0.690 bits per heavy atom. The fraction of sp³-hybridized carbons (Fsp3) is 0.267. The molecule has 374 valence electrons. The van der Waals surface area contributed by atoms with Crippen LogP contribution in [0.1, 0.15) is 16.7 Å². The van der Waals surface area contributed by atoms with Crippen molar-refractivity contribution in [2.45, 2.75) is 19.4 Å². The highest BCUT2D eigenvalue weighted by Crippen LogP contribution is 2.14. The number of hydrogen-bond acceptors (Lipinski definition) is 3. The first-order valence-corrected chi connectivity index (χ1v) is 28.7. The molecule has 7 nitrogen and oxygen atoms in total. The number of amides is 2. The van der Waals surface area contributed by atoms with Crippen molar-refractivity contribution in [1.29, 1.82) is 0 Å². The van der Waals surface area contributed by atoms with Gasteiger partial charge in [0, 0.05) is 18.7 Å². The van der Waals surface area contributed by atoms with E-state index in [1.165, 1.54) is 37.4 Å². The average molecular weight is 1030 g/mol. The van der Waals surface area contributed by atoms with Gasteiger partial charge in [0.2, 0.25) is 11.8 Å². The summed E-state index contributed by atoms with van der Waals surface area (Å²) >= 11 is 0. The summed E-state index contributed by atoms with van der Waals surface area (Å²) in [5, 5.41) is 13.7. The Bertz CT molecular complexity index is 2320. The Morgan fingerprint density at radius 3 is 1.01 bits per heavy atom. The van der Waals surface area contributed by atoms with Crippen LogP contribution in [-0.2, 0) is 33.7 Å². The third-order valence-corrected chi connectivity index (χ3v) is 14.6. The number of carbonyl (C=O) groups excluding carboxylic acids is 2. The molecule has 0 aromatic heterocycles. The minimum atomic E-state index is -0.0441. The van der Waals surface area contributed by atoms with E-state index in [9.17, 15) is 9.59 Å². The van der Waals surface area contributed by atoms with E-state index in [4.69, 9.17) is 4.74 Å². The van der Waals surface area contributed by atoms with Crippen molar-refractivity contribution < 1.29 is 23.3 Å². The molecule has 7 aromatic carbocycles. The fourth-order valence-electron chi connectivity index (χ4n) is 6.57. The molecule has 71 heavy (non-hydrogen) atoms. The quantitative estimate of drug-likeness (QED) is 0.0434. The summed E-state index contributed by atoms with van der Waals surface area (Å²) in [6.07, 6.45) is 2.94. The molecule has 7 rings (SSSR count). The highest BCUT2D eigenvalue weighted by molar-refractivity contribution is 7.55. The van der Waals surface area contributed by atoms with Gasteiger partial charge in [-0.05, 0) is 55.3 Å². The smallest absolute Gasteiger partial charge is 0.224 e. The van der Waals surface area contributed by atoms with Crippen molar-refractivity contribution in [3.63, 3.8) is 0 Å². The van der Waals surface area contributed by atoms with Crippen LogP contribution >= 0.6 is 34.3 Å². The number of nitrogens with zero attached hydrogens (tertiary/aromatic N) is 2. The Hall–Kier alpha value is -4.92. The maximum atomic E-state index is 12.3. The van der Waals surface area contributed by atoms with E-state index in [0.717, 1.165) is 69.3 Å². The number of ether oxygens (including phenoxy) is 1. The molecule has 0 fully saturated rings. The van der Waals surface area contributed by atoms with Gasteiger partial charge in [0.1, 0.15) is 6.54 Å². The van der Waals surface area contributed by atoms with Gasteiger partial charge in [-0.1, -0.05) is 235 Å². The highest BCUT2D eigenvalue weighted by atomic mass is 31.1. The monoisotopic (exact) mass is 1030 g/mol. The summed E-state index contributed by atoms with van der Waals surface area (Å²) in [5.74, 6) is -0.0882. The molecule has 0 aliphatic heterocycles. The molecule has 4 atom stereocenters. The lowest BCUT2D eigenvalue weighted by Crippen LogP contribution is -2.35. The van der Waals surface area contributed by atoms with Gasteiger partial charge >= 0.3 is 0 Å². The first-order chi connectivity index (χ1) is 34.2. The molecule has 0 saturated carbocycles. The van der Waals surface area contributed by atoms with Crippen molar-refractivity contribution in [2.24, 2.45) is 0 Å². The van der Waals surface area contributed by atoms with Gasteiger partial charge in [0.05, 0.1) is 75.4 Å².